The van der Waals surface area contributed by atoms with Crippen LogP contribution in [-0.4, -0.2) is 12.3 Å². The number of carbonyl (C=O) groups is 1. The van der Waals surface area contributed by atoms with Crippen LogP contribution in [0.25, 0.3) is 0 Å². The van der Waals surface area contributed by atoms with Crippen molar-refractivity contribution in [3.63, 3.8) is 0 Å². The molecule has 1 aliphatic carbocycles. The maximum atomic E-state index is 10.7. The minimum absolute atomic E-state index is 0.0887. The van der Waals surface area contributed by atoms with Crippen molar-refractivity contribution in [3.05, 3.63) is 65.7 Å². The van der Waals surface area contributed by atoms with E-state index in [1.54, 1.807) is 6.92 Å². The Balaban J connectivity index is 1.89. The molecule has 0 amide bonds. The molecule has 0 aromatic heterocycles. The Morgan fingerprint density at radius 3 is 2.15 bits per heavy atom. The zero-order valence-electron chi connectivity index (χ0n) is 15.7. The highest BCUT2D eigenvalue weighted by Gasteiger charge is 2.35. The third-order valence-electron chi connectivity index (χ3n) is 5.71. The molecule has 0 saturated heterocycles. The topological polar surface area (TPSA) is 35.5 Å². The summed E-state index contributed by atoms with van der Waals surface area (Å²) in [7, 11) is 0. The van der Waals surface area contributed by atoms with E-state index in [0.29, 0.717) is 12.9 Å². The average Bonchev–Trinajstić information content (AvgIpc) is 2.70. The highest BCUT2D eigenvalue weighted by molar-refractivity contribution is 5.42. The first kappa shape index (κ1) is 18.5. The molecule has 1 unspecified atom stereocenters. The van der Waals surface area contributed by atoms with Gasteiger partial charge in [-0.2, -0.15) is 0 Å². The molecule has 3 heteroatoms. The van der Waals surface area contributed by atoms with Crippen LogP contribution in [0.3, 0.4) is 0 Å². The van der Waals surface area contributed by atoms with Crippen molar-refractivity contribution >= 4 is 6.47 Å². The molecule has 0 radical (unpaired) electrons. The minimum Gasteiger partial charge on any atom is -0.453 e. The Bertz CT molecular complexity index is 702. The third-order valence-corrected chi connectivity index (χ3v) is 5.71. The summed E-state index contributed by atoms with van der Waals surface area (Å²) in [6.07, 6.45) is 6.77. The molecule has 138 valence electrons. The molecule has 3 rings (SSSR count). The summed E-state index contributed by atoms with van der Waals surface area (Å²) in [4.78, 5) is 10.7. The predicted molar refractivity (Wildman–Crippen MR) is 103 cm³/mol. The van der Waals surface area contributed by atoms with Gasteiger partial charge < -0.3 is 9.47 Å². The standard InChI is InChI=1S/C23H28O3/c1-3-22(2,25-18-24)26-21-14-12-20(13-15-21)23(16-8-5-9-17-23)19-10-6-4-7-11-19/h4,6-7,10-15,18H,3,5,8-9,16-17H2,1-2H3. The first-order valence-corrected chi connectivity index (χ1v) is 9.58. The van der Waals surface area contributed by atoms with Crippen LogP contribution in [0.2, 0.25) is 0 Å². The summed E-state index contributed by atoms with van der Waals surface area (Å²) < 4.78 is 11.0. The number of hydrogen-bond donors (Lipinski definition) is 0. The monoisotopic (exact) mass is 352 g/mol. The largest absolute Gasteiger partial charge is 0.453 e. The summed E-state index contributed by atoms with van der Waals surface area (Å²) in [5.41, 5.74) is 2.83. The molecule has 0 heterocycles. The number of rotatable bonds is 7. The molecular weight excluding hydrogens is 324 g/mol. The van der Waals surface area contributed by atoms with E-state index in [1.165, 1.54) is 43.2 Å². The van der Waals surface area contributed by atoms with Crippen molar-refractivity contribution in [3.8, 4) is 5.75 Å². The molecule has 1 atom stereocenters. The second-order valence-electron chi connectivity index (χ2n) is 7.34. The van der Waals surface area contributed by atoms with Gasteiger partial charge in [-0.15, -0.1) is 0 Å². The summed E-state index contributed by atoms with van der Waals surface area (Å²) in [5, 5.41) is 0. The lowest BCUT2D eigenvalue weighted by Crippen LogP contribution is -2.34. The van der Waals surface area contributed by atoms with Gasteiger partial charge in [0.25, 0.3) is 12.3 Å². The highest BCUT2D eigenvalue weighted by atomic mass is 16.7. The van der Waals surface area contributed by atoms with Gasteiger partial charge in [-0.25, -0.2) is 0 Å². The Labute approximate surface area is 156 Å². The van der Waals surface area contributed by atoms with Crippen molar-refractivity contribution < 1.29 is 14.3 Å². The van der Waals surface area contributed by atoms with E-state index in [4.69, 9.17) is 9.47 Å². The third kappa shape index (κ3) is 3.77. The van der Waals surface area contributed by atoms with Crippen LogP contribution >= 0.6 is 0 Å². The van der Waals surface area contributed by atoms with E-state index in [9.17, 15) is 4.79 Å². The van der Waals surface area contributed by atoms with Gasteiger partial charge in [0, 0.05) is 18.8 Å². The maximum absolute atomic E-state index is 10.7. The van der Waals surface area contributed by atoms with Crippen molar-refractivity contribution in [1.29, 1.82) is 0 Å². The van der Waals surface area contributed by atoms with Crippen LogP contribution in [0.15, 0.2) is 54.6 Å². The Morgan fingerprint density at radius 1 is 0.962 bits per heavy atom. The van der Waals surface area contributed by atoms with E-state index in [0.717, 1.165) is 5.75 Å². The van der Waals surface area contributed by atoms with Crippen LogP contribution < -0.4 is 4.74 Å². The van der Waals surface area contributed by atoms with E-state index in [-0.39, 0.29) is 5.41 Å². The molecule has 3 nitrogen and oxygen atoms in total. The molecule has 1 aliphatic rings. The van der Waals surface area contributed by atoms with Crippen molar-refractivity contribution in [2.45, 2.75) is 63.6 Å². The lowest BCUT2D eigenvalue weighted by molar-refractivity contribution is -0.177. The lowest BCUT2D eigenvalue weighted by atomic mass is 9.65. The fourth-order valence-electron chi connectivity index (χ4n) is 4.03. The van der Waals surface area contributed by atoms with Gasteiger partial charge in [0.15, 0.2) is 0 Å². The van der Waals surface area contributed by atoms with Gasteiger partial charge in [-0.05, 0) is 36.1 Å². The molecule has 0 bridgehead atoms. The Hall–Kier alpha value is -2.29. The normalized spacial score (nSPS) is 18.5. The van der Waals surface area contributed by atoms with E-state index < -0.39 is 5.79 Å². The number of carbonyl (C=O) groups excluding carboxylic acids is 1. The van der Waals surface area contributed by atoms with Gasteiger partial charge in [0.05, 0.1) is 0 Å². The summed E-state index contributed by atoms with van der Waals surface area (Å²) in [6.45, 7) is 4.16. The van der Waals surface area contributed by atoms with Gasteiger partial charge in [0.1, 0.15) is 5.75 Å². The SMILES string of the molecule is CCC(C)(OC=O)Oc1ccc(C2(c3ccccc3)CCCCC2)cc1. The zero-order valence-corrected chi connectivity index (χ0v) is 15.7. The first-order valence-electron chi connectivity index (χ1n) is 9.58. The van der Waals surface area contributed by atoms with Crippen LogP contribution in [0.5, 0.6) is 5.75 Å². The second-order valence-corrected chi connectivity index (χ2v) is 7.34. The summed E-state index contributed by atoms with van der Waals surface area (Å²) >= 11 is 0. The van der Waals surface area contributed by atoms with Crippen molar-refractivity contribution in [2.75, 3.05) is 0 Å². The average molecular weight is 352 g/mol. The second kappa shape index (κ2) is 7.94. The molecular formula is C23H28O3. The molecule has 0 N–H and O–H groups in total. The van der Waals surface area contributed by atoms with Crippen LogP contribution in [0.4, 0.5) is 0 Å². The van der Waals surface area contributed by atoms with Gasteiger partial charge in [-0.3, -0.25) is 4.79 Å². The highest BCUT2D eigenvalue weighted by Crippen LogP contribution is 2.45. The lowest BCUT2D eigenvalue weighted by Gasteiger charge is -2.39. The zero-order chi connectivity index (χ0) is 18.5. The fraction of sp³-hybridized carbons (Fsp3) is 0.435. The van der Waals surface area contributed by atoms with E-state index >= 15 is 0 Å². The molecule has 2 aromatic rings. The predicted octanol–water partition coefficient (Wildman–Crippen LogP) is 5.61. The van der Waals surface area contributed by atoms with Crippen molar-refractivity contribution in [2.24, 2.45) is 0 Å². The molecule has 0 spiro atoms. The number of benzene rings is 2. The van der Waals surface area contributed by atoms with Gasteiger partial charge in [-0.1, -0.05) is 68.7 Å². The molecule has 0 aliphatic heterocycles. The molecule has 1 saturated carbocycles. The van der Waals surface area contributed by atoms with Crippen LogP contribution in [0.1, 0.15) is 63.5 Å². The Morgan fingerprint density at radius 2 is 1.58 bits per heavy atom. The minimum atomic E-state index is -0.925. The quantitative estimate of drug-likeness (QED) is 0.479. The number of ether oxygens (including phenoxy) is 2. The first-order chi connectivity index (χ1) is 12.6. The van der Waals surface area contributed by atoms with Crippen LogP contribution in [0, 0.1) is 0 Å². The smallest absolute Gasteiger partial charge is 0.296 e. The maximum Gasteiger partial charge on any atom is 0.296 e. The van der Waals surface area contributed by atoms with Gasteiger partial charge >= 0.3 is 0 Å². The summed E-state index contributed by atoms with van der Waals surface area (Å²) in [6, 6.07) is 19.2. The summed E-state index contributed by atoms with van der Waals surface area (Å²) in [5.74, 6) is -0.204. The van der Waals surface area contributed by atoms with Gasteiger partial charge in [0.2, 0.25) is 0 Å². The number of hydrogen-bond acceptors (Lipinski definition) is 3. The Kier molecular flexibility index (Phi) is 5.65. The molecule has 1 fully saturated rings. The fourth-order valence-corrected chi connectivity index (χ4v) is 4.03. The molecule has 2 aromatic carbocycles. The van der Waals surface area contributed by atoms with E-state index in [2.05, 4.69) is 42.5 Å². The van der Waals surface area contributed by atoms with Crippen molar-refractivity contribution in [1.82, 2.24) is 0 Å². The van der Waals surface area contributed by atoms with E-state index in [1.807, 2.05) is 19.1 Å². The van der Waals surface area contributed by atoms with Crippen LogP contribution in [-0.2, 0) is 14.9 Å². The molecule has 26 heavy (non-hydrogen) atoms.